The number of fused-ring (bicyclic) bond motifs is 1. The van der Waals surface area contributed by atoms with Crippen molar-refractivity contribution in [3.63, 3.8) is 0 Å². The van der Waals surface area contributed by atoms with Crippen LogP contribution in [0.15, 0.2) is 53.6 Å². The summed E-state index contributed by atoms with van der Waals surface area (Å²) in [7, 11) is 0. The number of amides is 1. The molecule has 2 heterocycles. The molecule has 0 bridgehead atoms. The lowest BCUT2D eigenvalue weighted by atomic mass is 10.2. The second-order valence-electron chi connectivity index (χ2n) is 7.33. The summed E-state index contributed by atoms with van der Waals surface area (Å²) in [4.78, 5) is 23.4. The Hall–Kier alpha value is -3.49. The number of aryl methyl sites for hydroxylation is 1. The molecule has 0 aliphatic rings. The Kier molecular flexibility index (Phi) is 5.82. The molecule has 1 amide bonds. The van der Waals surface area contributed by atoms with E-state index >= 15 is 0 Å². The number of nitrogens with one attached hydrogen (secondary N) is 1. The zero-order valence-electron chi connectivity index (χ0n) is 17.5. The Morgan fingerprint density at radius 2 is 1.97 bits per heavy atom. The molecule has 0 saturated heterocycles. The van der Waals surface area contributed by atoms with Gasteiger partial charge in [-0.15, -0.1) is 11.3 Å². The highest BCUT2D eigenvalue weighted by atomic mass is 35.5. The zero-order chi connectivity index (χ0) is 23.0. The van der Waals surface area contributed by atoms with E-state index in [-0.39, 0.29) is 11.6 Å². The van der Waals surface area contributed by atoms with Crippen LogP contribution in [0.5, 0.6) is 0 Å². The van der Waals surface area contributed by atoms with Gasteiger partial charge < -0.3 is 4.57 Å². The summed E-state index contributed by atoms with van der Waals surface area (Å²) in [5, 5.41) is 16.4. The number of nitrogens with zero attached hydrogens (tertiary/aromatic N) is 3. The highest BCUT2D eigenvalue weighted by molar-refractivity contribution is 7.20. The first-order chi connectivity index (χ1) is 15.3. The predicted octanol–water partition coefficient (Wildman–Crippen LogP) is 5.94. The normalized spacial score (nSPS) is 11.4. The van der Waals surface area contributed by atoms with Crippen molar-refractivity contribution in [3.05, 3.63) is 91.1 Å². The van der Waals surface area contributed by atoms with Gasteiger partial charge in [-0.2, -0.15) is 5.10 Å². The number of hydrogen-bond donors (Lipinski definition) is 1. The highest BCUT2D eigenvalue weighted by Gasteiger charge is 2.14. The summed E-state index contributed by atoms with van der Waals surface area (Å²) in [5.41, 5.74) is 7.37. The number of aromatic nitrogens is 1. The van der Waals surface area contributed by atoms with E-state index in [1.54, 1.807) is 18.3 Å². The standard InChI is InChI=1S/C23H19ClN4O3S/c1-13-9-17(15(3)27(13)20-6-4-5-19(24)14(20)2)12-25-26-23(29)22-11-16-10-18(28(30)31)7-8-21(16)32-22/h4-12H,1-3H3,(H,26,29)/b25-12-. The van der Waals surface area contributed by atoms with Crippen molar-refractivity contribution in [2.75, 3.05) is 0 Å². The Morgan fingerprint density at radius 3 is 2.72 bits per heavy atom. The molecule has 4 aromatic rings. The fourth-order valence-corrected chi connectivity index (χ4v) is 4.70. The van der Waals surface area contributed by atoms with Gasteiger partial charge >= 0.3 is 0 Å². The molecule has 162 valence electrons. The lowest BCUT2D eigenvalue weighted by molar-refractivity contribution is -0.384. The Balaban J connectivity index is 1.54. The third kappa shape index (κ3) is 4.02. The molecule has 0 fully saturated rings. The van der Waals surface area contributed by atoms with Crippen LogP contribution in [0.2, 0.25) is 5.02 Å². The number of hydrogen-bond acceptors (Lipinski definition) is 5. The maximum atomic E-state index is 12.5. The van der Waals surface area contributed by atoms with Crippen molar-refractivity contribution < 1.29 is 9.72 Å². The number of thiophene rings is 1. The molecule has 0 atom stereocenters. The number of hydrazone groups is 1. The topological polar surface area (TPSA) is 89.5 Å². The van der Waals surface area contributed by atoms with Crippen LogP contribution >= 0.6 is 22.9 Å². The van der Waals surface area contributed by atoms with Crippen molar-refractivity contribution in [3.8, 4) is 5.69 Å². The van der Waals surface area contributed by atoms with E-state index in [1.807, 2.05) is 45.0 Å². The maximum Gasteiger partial charge on any atom is 0.281 e. The number of non-ortho nitro benzene ring substituents is 1. The molecule has 2 aromatic heterocycles. The second kappa shape index (κ2) is 8.57. The number of benzene rings is 2. The fourth-order valence-electron chi connectivity index (χ4n) is 3.60. The van der Waals surface area contributed by atoms with Gasteiger partial charge in [0.05, 0.1) is 16.0 Å². The van der Waals surface area contributed by atoms with Gasteiger partial charge in [-0.05, 0) is 56.7 Å². The van der Waals surface area contributed by atoms with E-state index in [9.17, 15) is 14.9 Å². The molecule has 32 heavy (non-hydrogen) atoms. The minimum absolute atomic E-state index is 0.00873. The van der Waals surface area contributed by atoms with Gasteiger partial charge in [-0.25, -0.2) is 5.43 Å². The maximum absolute atomic E-state index is 12.5. The summed E-state index contributed by atoms with van der Waals surface area (Å²) < 4.78 is 2.90. The number of nitro groups is 1. The van der Waals surface area contributed by atoms with E-state index in [0.717, 1.165) is 32.9 Å². The minimum Gasteiger partial charge on any atom is -0.318 e. The van der Waals surface area contributed by atoms with E-state index in [4.69, 9.17) is 11.6 Å². The summed E-state index contributed by atoms with van der Waals surface area (Å²) in [6, 6.07) is 13.9. The molecule has 0 radical (unpaired) electrons. The van der Waals surface area contributed by atoms with E-state index < -0.39 is 4.92 Å². The first-order valence-electron chi connectivity index (χ1n) is 9.72. The molecular weight excluding hydrogens is 448 g/mol. The number of carbonyl (C=O) groups is 1. The van der Waals surface area contributed by atoms with Gasteiger partial charge in [-0.1, -0.05) is 17.7 Å². The Labute approximate surface area is 193 Å². The average molecular weight is 467 g/mol. The third-order valence-corrected chi connectivity index (χ3v) is 6.78. The summed E-state index contributed by atoms with van der Waals surface area (Å²) in [5.74, 6) is -0.371. The Morgan fingerprint density at radius 1 is 1.19 bits per heavy atom. The summed E-state index contributed by atoms with van der Waals surface area (Å²) >= 11 is 7.54. The lowest BCUT2D eigenvalue weighted by Crippen LogP contribution is -2.16. The molecule has 2 aromatic carbocycles. The number of rotatable bonds is 5. The minimum atomic E-state index is -0.456. The van der Waals surface area contributed by atoms with Crippen LogP contribution in [0.3, 0.4) is 0 Å². The van der Waals surface area contributed by atoms with Crippen molar-refractivity contribution in [2.45, 2.75) is 20.8 Å². The van der Waals surface area contributed by atoms with Crippen LogP contribution < -0.4 is 5.43 Å². The van der Waals surface area contributed by atoms with E-state index in [0.29, 0.717) is 15.3 Å². The third-order valence-electron chi connectivity index (χ3n) is 5.25. The van der Waals surface area contributed by atoms with Crippen molar-refractivity contribution in [1.29, 1.82) is 0 Å². The average Bonchev–Trinajstić information content (AvgIpc) is 3.30. The van der Waals surface area contributed by atoms with Crippen LogP contribution in [0, 0.1) is 30.9 Å². The Bertz CT molecular complexity index is 1400. The fraction of sp³-hybridized carbons (Fsp3) is 0.130. The SMILES string of the molecule is Cc1c(Cl)cccc1-n1c(C)cc(/C=N\NC(=O)c2cc3cc([N+](=O)[O-])ccc3s2)c1C. The first kappa shape index (κ1) is 21.7. The van der Waals surface area contributed by atoms with E-state index in [2.05, 4.69) is 15.1 Å². The van der Waals surface area contributed by atoms with Crippen molar-refractivity contribution >= 4 is 50.8 Å². The second-order valence-corrected chi connectivity index (χ2v) is 8.83. The zero-order valence-corrected chi connectivity index (χ0v) is 19.1. The molecule has 0 saturated carbocycles. The largest absolute Gasteiger partial charge is 0.318 e. The van der Waals surface area contributed by atoms with Gasteiger partial charge in [0.1, 0.15) is 0 Å². The number of nitro benzene ring substituents is 1. The molecule has 4 rings (SSSR count). The van der Waals surface area contributed by atoms with Crippen LogP contribution in [0.4, 0.5) is 5.69 Å². The molecule has 1 N–H and O–H groups in total. The first-order valence-corrected chi connectivity index (χ1v) is 10.9. The summed E-state index contributed by atoms with van der Waals surface area (Å²) in [6.45, 7) is 5.96. The van der Waals surface area contributed by atoms with Crippen LogP contribution in [0.25, 0.3) is 15.8 Å². The summed E-state index contributed by atoms with van der Waals surface area (Å²) in [6.07, 6.45) is 1.61. The monoisotopic (exact) mass is 466 g/mol. The molecule has 7 nitrogen and oxygen atoms in total. The van der Waals surface area contributed by atoms with Crippen LogP contribution in [0.1, 0.15) is 32.2 Å². The number of carbonyl (C=O) groups excluding carboxylic acids is 1. The van der Waals surface area contributed by atoms with Gasteiger partial charge in [0.15, 0.2) is 0 Å². The molecule has 0 unspecified atom stereocenters. The quantitative estimate of drug-likeness (QED) is 0.224. The van der Waals surface area contributed by atoms with Gasteiger partial charge in [0.25, 0.3) is 11.6 Å². The predicted molar refractivity (Wildman–Crippen MR) is 129 cm³/mol. The number of halogens is 1. The highest BCUT2D eigenvalue weighted by Crippen LogP contribution is 2.29. The van der Waals surface area contributed by atoms with E-state index in [1.165, 1.54) is 23.5 Å². The molecule has 0 spiro atoms. The smallest absolute Gasteiger partial charge is 0.281 e. The molecule has 0 aliphatic carbocycles. The molecule has 9 heteroatoms. The molecular formula is C23H19ClN4O3S. The lowest BCUT2D eigenvalue weighted by Gasteiger charge is -2.13. The van der Waals surface area contributed by atoms with Crippen molar-refractivity contribution in [1.82, 2.24) is 9.99 Å². The van der Waals surface area contributed by atoms with Crippen molar-refractivity contribution in [2.24, 2.45) is 5.10 Å². The molecule has 0 aliphatic heterocycles. The van der Waals surface area contributed by atoms with Gasteiger partial charge in [0, 0.05) is 49.9 Å². The van der Waals surface area contributed by atoms with Crippen LogP contribution in [-0.4, -0.2) is 21.6 Å². The van der Waals surface area contributed by atoms with Gasteiger partial charge in [0.2, 0.25) is 0 Å². The van der Waals surface area contributed by atoms with Crippen LogP contribution in [-0.2, 0) is 0 Å². The van der Waals surface area contributed by atoms with Gasteiger partial charge in [-0.3, -0.25) is 14.9 Å².